The molecule has 0 aliphatic carbocycles. The van der Waals surface area contributed by atoms with E-state index in [4.69, 9.17) is 29.4 Å². The second-order valence-corrected chi connectivity index (χ2v) is 7.74. The highest BCUT2D eigenvalue weighted by Gasteiger charge is 2.44. The summed E-state index contributed by atoms with van der Waals surface area (Å²) in [4.78, 5) is 49.9. The summed E-state index contributed by atoms with van der Waals surface area (Å²) in [5, 5.41) is 2.17. The van der Waals surface area contributed by atoms with Gasteiger partial charge in [0.15, 0.2) is 0 Å². The van der Waals surface area contributed by atoms with Gasteiger partial charge in [-0.25, -0.2) is 0 Å². The van der Waals surface area contributed by atoms with E-state index < -0.39 is 29.7 Å². The molecule has 1 aromatic rings. The van der Waals surface area contributed by atoms with Gasteiger partial charge in [-0.1, -0.05) is 0 Å². The maximum atomic E-state index is 12.8. The first-order chi connectivity index (χ1) is 17.0. The minimum Gasteiger partial charge on any atom is -0.491 e. The fourth-order valence-corrected chi connectivity index (χ4v) is 3.60. The van der Waals surface area contributed by atoms with Crippen molar-refractivity contribution in [1.82, 2.24) is 10.2 Å². The van der Waals surface area contributed by atoms with E-state index >= 15 is 0 Å². The van der Waals surface area contributed by atoms with Gasteiger partial charge in [0.1, 0.15) is 18.4 Å². The normalized spacial score (nSPS) is 17.6. The van der Waals surface area contributed by atoms with Crippen LogP contribution in [0.1, 0.15) is 33.6 Å². The minimum atomic E-state index is -0.998. The van der Waals surface area contributed by atoms with Gasteiger partial charge in [-0.2, -0.15) is 0 Å². The monoisotopic (exact) mass is 493 g/mol. The van der Waals surface area contributed by atoms with Crippen molar-refractivity contribution >= 4 is 23.6 Å². The van der Waals surface area contributed by atoms with E-state index in [0.29, 0.717) is 65.1 Å². The van der Waals surface area contributed by atoms with Crippen LogP contribution in [-0.4, -0.2) is 101 Å². The Hall–Kier alpha value is -2.90. The SMILES string of the molecule is NCCOCCOCCOCCOCCOc1ccc2c(c1)C(=O)N([C@H]1CCC(=O)NC1=O)C2=O. The molecule has 0 aromatic heterocycles. The molecule has 0 unspecified atom stereocenters. The van der Waals surface area contributed by atoms with E-state index in [1.54, 1.807) is 6.07 Å². The average Bonchev–Trinajstić information content (AvgIpc) is 3.09. The summed E-state index contributed by atoms with van der Waals surface area (Å²) in [5.41, 5.74) is 5.68. The molecule has 2 aliphatic rings. The number of hydrogen-bond acceptors (Lipinski definition) is 10. The smallest absolute Gasteiger partial charge is 0.262 e. The molecule has 1 aromatic carbocycles. The third-order valence-corrected chi connectivity index (χ3v) is 5.29. The number of amides is 4. The maximum Gasteiger partial charge on any atom is 0.262 e. The zero-order valence-electron chi connectivity index (χ0n) is 19.5. The lowest BCUT2D eigenvalue weighted by Crippen LogP contribution is -2.54. The van der Waals surface area contributed by atoms with Gasteiger partial charge in [0.2, 0.25) is 11.8 Å². The molecule has 2 aliphatic heterocycles. The van der Waals surface area contributed by atoms with Crippen LogP contribution in [-0.2, 0) is 28.5 Å². The quantitative estimate of drug-likeness (QED) is 0.227. The number of nitrogens with zero attached hydrogens (tertiary/aromatic N) is 1. The van der Waals surface area contributed by atoms with Gasteiger partial charge in [0.25, 0.3) is 11.8 Å². The van der Waals surface area contributed by atoms with Crippen LogP contribution in [0.2, 0.25) is 0 Å². The first-order valence-electron chi connectivity index (χ1n) is 11.5. The third kappa shape index (κ3) is 7.54. The molecular formula is C23H31N3O9. The van der Waals surface area contributed by atoms with Crippen LogP contribution < -0.4 is 15.8 Å². The molecule has 12 nitrogen and oxygen atoms in total. The van der Waals surface area contributed by atoms with E-state index in [0.717, 1.165) is 4.90 Å². The van der Waals surface area contributed by atoms with Crippen LogP contribution >= 0.6 is 0 Å². The molecule has 1 fully saturated rings. The molecule has 4 amide bonds. The average molecular weight is 494 g/mol. The van der Waals surface area contributed by atoms with E-state index in [9.17, 15) is 19.2 Å². The number of nitrogens with one attached hydrogen (secondary N) is 1. The molecule has 3 rings (SSSR count). The zero-order valence-corrected chi connectivity index (χ0v) is 19.5. The van der Waals surface area contributed by atoms with Gasteiger partial charge in [-0.3, -0.25) is 29.4 Å². The number of nitrogens with two attached hydrogens (primary N) is 1. The Labute approximate surface area is 202 Å². The first-order valence-corrected chi connectivity index (χ1v) is 11.5. The summed E-state index contributed by atoms with van der Waals surface area (Å²) >= 11 is 0. The predicted octanol–water partition coefficient (Wildman–Crippen LogP) is -0.508. The minimum absolute atomic E-state index is 0.0715. The fourth-order valence-electron chi connectivity index (χ4n) is 3.60. The highest BCUT2D eigenvalue weighted by Crippen LogP contribution is 2.30. The van der Waals surface area contributed by atoms with Crippen LogP contribution in [0, 0.1) is 0 Å². The Bertz CT molecular complexity index is 908. The fraction of sp³-hybridized carbons (Fsp3) is 0.565. The third-order valence-electron chi connectivity index (χ3n) is 5.29. The molecule has 0 spiro atoms. The predicted molar refractivity (Wildman–Crippen MR) is 121 cm³/mol. The van der Waals surface area contributed by atoms with Crippen LogP contribution in [0.4, 0.5) is 0 Å². The van der Waals surface area contributed by atoms with E-state index in [2.05, 4.69) is 5.32 Å². The molecule has 35 heavy (non-hydrogen) atoms. The number of rotatable bonds is 16. The molecule has 3 N–H and O–H groups in total. The van der Waals surface area contributed by atoms with Crippen molar-refractivity contribution in [1.29, 1.82) is 0 Å². The number of piperidine rings is 1. The van der Waals surface area contributed by atoms with Crippen molar-refractivity contribution in [2.45, 2.75) is 18.9 Å². The van der Waals surface area contributed by atoms with E-state index in [1.165, 1.54) is 12.1 Å². The van der Waals surface area contributed by atoms with Crippen LogP contribution in [0.3, 0.4) is 0 Å². The summed E-state index contributed by atoms with van der Waals surface area (Å²) in [6.45, 7) is 4.29. The second-order valence-electron chi connectivity index (χ2n) is 7.74. The van der Waals surface area contributed by atoms with Gasteiger partial charge < -0.3 is 29.4 Å². The van der Waals surface area contributed by atoms with Gasteiger partial charge in [0, 0.05) is 13.0 Å². The van der Waals surface area contributed by atoms with Gasteiger partial charge in [-0.15, -0.1) is 0 Å². The summed E-state index contributed by atoms with van der Waals surface area (Å²) in [6.07, 6.45) is 0.180. The summed E-state index contributed by atoms with van der Waals surface area (Å²) in [5.74, 6) is -1.79. The Morgan fingerprint density at radius 3 is 1.97 bits per heavy atom. The van der Waals surface area contributed by atoms with E-state index in [1.807, 2.05) is 0 Å². The highest BCUT2D eigenvalue weighted by molar-refractivity contribution is 6.23. The van der Waals surface area contributed by atoms with Crippen molar-refractivity contribution < 1.29 is 42.9 Å². The Morgan fingerprint density at radius 1 is 0.800 bits per heavy atom. The van der Waals surface area contributed by atoms with Gasteiger partial charge in [-0.05, 0) is 24.6 Å². The molecular weight excluding hydrogens is 462 g/mol. The molecule has 192 valence electrons. The zero-order chi connectivity index (χ0) is 25.0. The number of ether oxygens (including phenoxy) is 5. The lowest BCUT2D eigenvalue weighted by atomic mass is 10.0. The molecule has 0 saturated carbocycles. The molecule has 2 heterocycles. The molecule has 0 radical (unpaired) electrons. The standard InChI is InChI=1S/C23H31N3O9/c24-5-6-31-7-8-32-9-10-33-11-12-34-13-14-35-16-1-2-17-18(15-16)23(30)26(22(17)29)19-3-4-20(27)25-21(19)28/h1-2,15,19H,3-14,24H2,(H,25,27,28)/t19-/m0/s1. The summed E-state index contributed by atoms with van der Waals surface area (Å²) in [6, 6.07) is 3.56. The van der Waals surface area contributed by atoms with Crippen molar-refractivity contribution in [3.8, 4) is 5.75 Å². The van der Waals surface area contributed by atoms with Crippen LogP contribution in [0.5, 0.6) is 5.75 Å². The number of fused-ring (bicyclic) bond motifs is 1. The van der Waals surface area contributed by atoms with Crippen molar-refractivity contribution in [2.75, 3.05) is 66.0 Å². The van der Waals surface area contributed by atoms with Crippen molar-refractivity contribution in [3.05, 3.63) is 29.3 Å². The van der Waals surface area contributed by atoms with Crippen molar-refractivity contribution in [2.24, 2.45) is 5.73 Å². The van der Waals surface area contributed by atoms with Gasteiger partial charge in [0.05, 0.1) is 64.0 Å². The highest BCUT2D eigenvalue weighted by atomic mass is 16.6. The molecule has 1 saturated heterocycles. The molecule has 1 atom stereocenters. The first kappa shape index (κ1) is 26.7. The topological polar surface area (TPSA) is 156 Å². The largest absolute Gasteiger partial charge is 0.491 e. The maximum absolute atomic E-state index is 12.8. The number of hydrogen-bond donors (Lipinski definition) is 2. The van der Waals surface area contributed by atoms with Crippen molar-refractivity contribution in [3.63, 3.8) is 0 Å². The van der Waals surface area contributed by atoms with E-state index in [-0.39, 0.29) is 30.6 Å². The summed E-state index contributed by atoms with van der Waals surface area (Å²) in [7, 11) is 0. The van der Waals surface area contributed by atoms with Crippen LogP contribution in [0.15, 0.2) is 18.2 Å². The summed E-state index contributed by atoms with van der Waals surface area (Å²) < 4.78 is 27.0. The van der Waals surface area contributed by atoms with Gasteiger partial charge >= 0.3 is 0 Å². The number of carbonyl (C=O) groups excluding carboxylic acids is 4. The number of carbonyl (C=O) groups is 4. The lowest BCUT2D eigenvalue weighted by Gasteiger charge is -2.27. The molecule has 12 heteroatoms. The Morgan fingerprint density at radius 2 is 1.37 bits per heavy atom. The lowest BCUT2D eigenvalue weighted by molar-refractivity contribution is -0.136. The Kier molecular flexibility index (Phi) is 10.6. The molecule has 0 bridgehead atoms. The number of imide groups is 2. The second kappa shape index (κ2) is 13.9. The Balaban J connectivity index is 1.31. The number of benzene rings is 1. The van der Waals surface area contributed by atoms with Crippen LogP contribution in [0.25, 0.3) is 0 Å².